The maximum atomic E-state index is 11.7. The van der Waals surface area contributed by atoms with E-state index in [0.717, 1.165) is 24.6 Å². The second-order valence-corrected chi connectivity index (χ2v) is 5.39. The number of aromatic hydroxyl groups is 1. The fourth-order valence-corrected chi connectivity index (χ4v) is 2.35. The lowest BCUT2D eigenvalue weighted by molar-refractivity contribution is 0.101. The van der Waals surface area contributed by atoms with Gasteiger partial charge in [-0.2, -0.15) is 0 Å². The molecular formula is C16H21BrO3. The average molecular weight is 341 g/mol. The number of Topliss-reactive ketones (excluding diaryl/α,β-unsaturated/α-hetero) is 1. The molecule has 0 atom stereocenters. The van der Waals surface area contributed by atoms with Crippen LogP contribution in [0.2, 0.25) is 0 Å². The molecule has 1 aromatic carbocycles. The Kier molecular flexibility index (Phi) is 7.37. The summed E-state index contributed by atoms with van der Waals surface area (Å²) in [5.41, 5.74) is 0.960. The van der Waals surface area contributed by atoms with Crippen molar-refractivity contribution in [3.8, 4) is 11.5 Å². The van der Waals surface area contributed by atoms with E-state index in [9.17, 15) is 9.90 Å². The number of carbonyl (C=O) groups excluding carboxylic acids is 1. The lowest BCUT2D eigenvalue weighted by Gasteiger charge is -2.13. The summed E-state index contributed by atoms with van der Waals surface area (Å²) < 4.78 is 5.64. The second kappa shape index (κ2) is 8.80. The first-order valence-corrected chi connectivity index (χ1v) is 7.89. The number of hydrogen-bond donors (Lipinski definition) is 1. The van der Waals surface area contributed by atoms with Crippen LogP contribution >= 0.6 is 15.9 Å². The van der Waals surface area contributed by atoms with Crippen LogP contribution in [0.25, 0.3) is 0 Å². The Morgan fingerprint density at radius 3 is 2.75 bits per heavy atom. The van der Waals surface area contributed by atoms with Gasteiger partial charge in [-0.3, -0.25) is 4.79 Å². The van der Waals surface area contributed by atoms with Crippen LogP contribution in [-0.4, -0.2) is 22.8 Å². The van der Waals surface area contributed by atoms with Gasteiger partial charge in [0, 0.05) is 5.33 Å². The van der Waals surface area contributed by atoms with Gasteiger partial charge in [-0.1, -0.05) is 28.1 Å². The van der Waals surface area contributed by atoms with Gasteiger partial charge in [-0.05, 0) is 44.2 Å². The van der Waals surface area contributed by atoms with E-state index in [-0.39, 0.29) is 17.1 Å². The van der Waals surface area contributed by atoms with E-state index in [2.05, 4.69) is 22.5 Å². The molecule has 0 unspecified atom stereocenters. The molecule has 0 radical (unpaired) electrons. The zero-order chi connectivity index (χ0) is 15.0. The standard InChI is InChI=1S/C16H21BrO3/c1-3-7-13-8-9-14(15(12(2)18)16(13)19)20-11-6-4-5-10-17/h3,8-9,19H,1,4-7,10-11H2,2H3. The highest BCUT2D eigenvalue weighted by molar-refractivity contribution is 9.09. The third-order valence-electron chi connectivity index (χ3n) is 2.98. The molecule has 0 aliphatic rings. The summed E-state index contributed by atoms with van der Waals surface area (Å²) in [6, 6.07) is 3.52. The van der Waals surface area contributed by atoms with Crippen LogP contribution in [0.15, 0.2) is 24.8 Å². The van der Waals surface area contributed by atoms with Crippen LogP contribution < -0.4 is 4.74 Å². The molecule has 0 bridgehead atoms. The topological polar surface area (TPSA) is 46.5 Å². The molecule has 1 rings (SSSR count). The number of halogens is 1. The number of phenolic OH excluding ortho intramolecular Hbond substituents is 1. The van der Waals surface area contributed by atoms with Crippen molar-refractivity contribution in [2.75, 3.05) is 11.9 Å². The quantitative estimate of drug-likeness (QED) is 0.316. The first-order chi connectivity index (χ1) is 9.61. The number of ketones is 1. The molecule has 1 N–H and O–H groups in total. The first kappa shape index (κ1) is 16.8. The third kappa shape index (κ3) is 4.67. The van der Waals surface area contributed by atoms with E-state index in [1.54, 1.807) is 18.2 Å². The van der Waals surface area contributed by atoms with E-state index in [1.807, 2.05) is 0 Å². The highest BCUT2D eigenvalue weighted by atomic mass is 79.9. The van der Waals surface area contributed by atoms with E-state index >= 15 is 0 Å². The van der Waals surface area contributed by atoms with E-state index in [0.29, 0.717) is 24.3 Å². The molecule has 0 saturated carbocycles. The first-order valence-electron chi connectivity index (χ1n) is 6.77. The number of unbranched alkanes of at least 4 members (excludes halogenated alkanes) is 2. The van der Waals surface area contributed by atoms with Gasteiger partial charge in [0.2, 0.25) is 0 Å². The number of ether oxygens (including phenoxy) is 1. The van der Waals surface area contributed by atoms with Crippen LogP contribution in [0, 0.1) is 0 Å². The summed E-state index contributed by atoms with van der Waals surface area (Å²) >= 11 is 3.38. The third-order valence-corrected chi connectivity index (χ3v) is 3.54. The molecule has 20 heavy (non-hydrogen) atoms. The van der Waals surface area contributed by atoms with Crippen LogP contribution in [0.5, 0.6) is 11.5 Å². The van der Waals surface area contributed by atoms with Crippen molar-refractivity contribution in [2.45, 2.75) is 32.6 Å². The maximum absolute atomic E-state index is 11.7. The largest absolute Gasteiger partial charge is 0.507 e. The Morgan fingerprint density at radius 1 is 1.40 bits per heavy atom. The molecule has 0 spiro atoms. The van der Waals surface area contributed by atoms with Crippen molar-refractivity contribution < 1.29 is 14.6 Å². The molecule has 0 heterocycles. The molecule has 0 aliphatic carbocycles. The molecule has 0 aromatic heterocycles. The minimum atomic E-state index is -0.191. The number of alkyl halides is 1. The minimum absolute atomic E-state index is 0.00959. The summed E-state index contributed by atoms with van der Waals surface area (Å²) in [5, 5.41) is 11.1. The zero-order valence-electron chi connectivity index (χ0n) is 11.8. The second-order valence-electron chi connectivity index (χ2n) is 4.59. The Labute approximate surface area is 128 Å². The Balaban J connectivity index is 2.82. The van der Waals surface area contributed by atoms with Gasteiger partial charge in [-0.15, -0.1) is 6.58 Å². The van der Waals surface area contributed by atoms with Crippen LogP contribution in [-0.2, 0) is 6.42 Å². The normalized spacial score (nSPS) is 10.3. The number of allylic oxidation sites excluding steroid dienone is 1. The fourth-order valence-electron chi connectivity index (χ4n) is 1.95. The molecule has 0 aliphatic heterocycles. The molecule has 3 nitrogen and oxygen atoms in total. The number of hydrogen-bond acceptors (Lipinski definition) is 3. The Bertz CT molecular complexity index is 469. The highest BCUT2D eigenvalue weighted by Gasteiger charge is 2.17. The maximum Gasteiger partial charge on any atom is 0.167 e. The fraction of sp³-hybridized carbons (Fsp3) is 0.438. The lowest BCUT2D eigenvalue weighted by Crippen LogP contribution is -2.04. The number of phenols is 1. The minimum Gasteiger partial charge on any atom is -0.507 e. The van der Waals surface area contributed by atoms with Gasteiger partial charge in [-0.25, -0.2) is 0 Å². The summed E-state index contributed by atoms with van der Waals surface area (Å²) in [4.78, 5) is 11.7. The van der Waals surface area contributed by atoms with Crippen molar-refractivity contribution in [2.24, 2.45) is 0 Å². The summed E-state index contributed by atoms with van der Waals surface area (Å²) in [7, 11) is 0. The molecule has 110 valence electrons. The van der Waals surface area contributed by atoms with Crippen molar-refractivity contribution in [3.63, 3.8) is 0 Å². The summed E-state index contributed by atoms with van der Waals surface area (Å²) in [6.07, 6.45) is 5.32. The summed E-state index contributed by atoms with van der Waals surface area (Å²) in [5.74, 6) is 0.279. The van der Waals surface area contributed by atoms with Gasteiger partial charge in [0.1, 0.15) is 17.1 Å². The van der Waals surface area contributed by atoms with E-state index in [4.69, 9.17) is 4.74 Å². The SMILES string of the molecule is C=CCc1ccc(OCCCCCBr)c(C(C)=O)c1O. The summed E-state index contributed by atoms with van der Waals surface area (Å²) in [6.45, 7) is 5.63. The average Bonchev–Trinajstić information content (AvgIpc) is 2.41. The van der Waals surface area contributed by atoms with Gasteiger partial charge < -0.3 is 9.84 Å². The predicted octanol–water partition coefficient (Wildman–Crippen LogP) is 4.27. The Morgan fingerprint density at radius 2 is 2.15 bits per heavy atom. The molecular weight excluding hydrogens is 320 g/mol. The van der Waals surface area contributed by atoms with Crippen LogP contribution in [0.4, 0.5) is 0 Å². The molecule has 0 saturated heterocycles. The van der Waals surface area contributed by atoms with Crippen molar-refractivity contribution in [3.05, 3.63) is 35.9 Å². The van der Waals surface area contributed by atoms with Crippen molar-refractivity contribution in [1.29, 1.82) is 0 Å². The number of benzene rings is 1. The van der Waals surface area contributed by atoms with E-state index < -0.39 is 0 Å². The predicted molar refractivity (Wildman–Crippen MR) is 85.2 cm³/mol. The number of rotatable bonds is 9. The van der Waals surface area contributed by atoms with Gasteiger partial charge in [0.25, 0.3) is 0 Å². The van der Waals surface area contributed by atoms with Crippen molar-refractivity contribution in [1.82, 2.24) is 0 Å². The van der Waals surface area contributed by atoms with E-state index in [1.165, 1.54) is 6.92 Å². The zero-order valence-corrected chi connectivity index (χ0v) is 13.4. The van der Waals surface area contributed by atoms with Gasteiger partial charge in [0.15, 0.2) is 5.78 Å². The van der Waals surface area contributed by atoms with Crippen LogP contribution in [0.3, 0.4) is 0 Å². The molecule has 0 fully saturated rings. The van der Waals surface area contributed by atoms with Crippen LogP contribution in [0.1, 0.15) is 42.1 Å². The Hall–Kier alpha value is -1.29. The highest BCUT2D eigenvalue weighted by Crippen LogP contribution is 2.32. The van der Waals surface area contributed by atoms with Gasteiger partial charge >= 0.3 is 0 Å². The smallest absolute Gasteiger partial charge is 0.167 e. The van der Waals surface area contributed by atoms with Gasteiger partial charge in [0.05, 0.1) is 6.61 Å². The lowest BCUT2D eigenvalue weighted by atomic mass is 10.0. The van der Waals surface area contributed by atoms with Crippen molar-refractivity contribution >= 4 is 21.7 Å². The molecule has 1 aromatic rings. The monoisotopic (exact) mass is 340 g/mol. The number of carbonyl (C=O) groups is 1. The molecule has 0 amide bonds. The molecule has 4 heteroatoms.